The second kappa shape index (κ2) is 7.55. The highest BCUT2D eigenvalue weighted by atomic mass is 16.5. The van der Waals surface area contributed by atoms with Gasteiger partial charge in [0.15, 0.2) is 0 Å². The molecule has 0 unspecified atom stereocenters. The van der Waals surface area contributed by atoms with E-state index in [1.165, 1.54) is 53.6 Å². The average Bonchev–Trinajstić information content (AvgIpc) is 3.34. The maximum absolute atomic E-state index is 6.25. The zero-order chi connectivity index (χ0) is 17.9. The van der Waals surface area contributed by atoms with E-state index in [0.717, 1.165) is 18.8 Å². The van der Waals surface area contributed by atoms with Crippen LogP contribution in [0.4, 0.5) is 5.69 Å². The largest absolute Gasteiger partial charge is 0.490 e. The van der Waals surface area contributed by atoms with Gasteiger partial charge in [0.25, 0.3) is 0 Å². The summed E-state index contributed by atoms with van der Waals surface area (Å²) in [7, 11) is 0. The molecule has 2 aliphatic rings. The predicted molar refractivity (Wildman–Crippen MR) is 109 cm³/mol. The summed E-state index contributed by atoms with van der Waals surface area (Å²) in [6.45, 7) is 6.21. The summed E-state index contributed by atoms with van der Waals surface area (Å²) >= 11 is 0. The second-order valence-electron chi connectivity index (χ2n) is 7.49. The molecule has 0 bridgehead atoms. The Bertz CT molecular complexity index is 791. The van der Waals surface area contributed by atoms with Gasteiger partial charge in [0.05, 0.1) is 18.3 Å². The van der Waals surface area contributed by atoms with Gasteiger partial charge in [-0.15, -0.1) is 0 Å². The van der Waals surface area contributed by atoms with Crippen molar-refractivity contribution >= 4 is 11.8 Å². The maximum atomic E-state index is 6.25. The normalized spacial score (nSPS) is 19.5. The van der Waals surface area contributed by atoms with Gasteiger partial charge in [-0.1, -0.05) is 30.3 Å². The van der Waals surface area contributed by atoms with Gasteiger partial charge in [-0.2, -0.15) is 0 Å². The lowest BCUT2D eigenvalue weighted by Crippen LogP contribution is -2.30. The Morgan fingerprint density at radius 1 is 1.00 bits per heavy atom. The lowest BCUT2D eigenvalue weighted by Gasteiger charge is -2.18. The van der Waals surface area contributed by atoms with E-state index in [1.807, 2.05) is 0 Å². The summed E-state index contributed by atoms with van der Waals surface area (Å²) in [6, 6.07) is 14.9. The number of nitrogens with one attached hydrogen (secondary N) is 1. The van der Waals surface area contributed by atoms with Crippen molar-refractivity contribution in [2.24, 2.45) is 0 Å². The molecule has 0 aromatic heterocycles. The van der Waals surface area contributed by atoms with Gasteiger partial charge in [-0.25, -0.2) is 5.43 Å². The summed E-state index contributed by atoms with van der Waals surface area (Å²) in [5.74, 6) is 1.06. The van der Waals surface area contributed by atoms with Crippen LogP contribution in [-0.4, -0.2) is 19.2 Å². The third-order valence-corrected chi connectivity index (χ3v) is 5.66. The minimum absolute atomic E-state index is 0.413. The molecule has 26 heavy (non-hydrogen) atoms. The van der Waals surface area contributed by atoms with Gasteiger partial charge in [0, 0.05) is 6.54 Å². The minimum Gasteiger partial charge on any atom is -0.490 e. The van der Waals surface area contributed by atoms with Crippen molar-refractivity contribution in [2.75, 3.05) is 18.1 Å². The summed E-state index contributed by atoms with van der Waals surface area (Å²) in [5.41, 5.74) is 9.99. The molecule has 3 nitrogen and oxygen atoms in total. The third kappa shape index (κ3) is 3.63. The fourth-order valence-electron chi connectivity index (χ4n) is 3.91. The molecule has 136 valence electrons. The fourth-order valence-corrected chi connectivity index (χ4v) is 3.91. The molecule has 0 atom stereocenters. The van der Waals surface area contributed by atoms with Gasteiger partial charge >= 0.3 is 0 Å². The van der Waals surface area contributed by atoms with E-state index in [1.54, 1.807) is 0 Å². The SMILES string of the molecule is Cc1c(C=C2CNN(c3ccccc3)C2)ccc(OC2CCCC2)c1C. The number of hydrogen-bond acceptors (Lipinski definition) is 3. The molecular formula is C23H28N2O. The van der Waals surface area contributed by atoms with Crippen molar-refractivity contribution in [2.45, 2.75) is 45.6 Å². The number of hydrazine groups is 1. The molecule has 2 aromatic rings. The van der Waals surface area contributed by atoms with Crippen LogP contribution in [0.5, 0.6) is 5.75 Å². The number of ether oxygens (including phenoxy) is 1. The predicted octanol–water partition coefficient (Wildman–Crippen LogP) is 5.03. The van der Waals surface area contributed by atoms with Gasteiger partial charge in [0.1, 0.15) is 5.75 Å². The van der Waals surface area contributed by atoms with Crippen molar-refractivity contribution in [1.82, 2.24) is 5.43 Å². The number of rotatable bonds is 4. The molecule has 1 aliphatic heterocycles. The number of nitrogens with zero attached hydrogens (tertiary/aromatic N) is 1. The average molecular weight is 348 g/mol. The molecule has 4 rings (SSSR count). The summed E-state index contributed by atoms with van der Waals surface area (Å²) in [5, 5.41) is 2.21. The summed E-state index contributed by atoms with van der Waals surface area (Å²) in [4.78, 5) is 0. The smallest absolute Gasteiger partial charge is 0.122 e. The van der Waals surface area contributed by atoms with E-state index in [4.69, 9.17) is 4.74 Å². The van der Waals surface area contributed by atoms with Crippen molar-refractivity contribution in [3.63, 3.8) is 0 Å². The van der Waals surface area contributed by atoms with Crippen LogP contribution in [0.25, 0.3) is 6.08 Å². The zero-order valence-electron chi connectivity index (χ0n) is 15.8. The van der Waals surface area contributed by atoms with Crippen LogP contribution >= 0.6 is 0 Å². The molecular weight excluding hydrogens is 320 g/mol. The van der Waals surface area contributed by atoms with Crippen molar-refractivity contribution < 1.29 is 4.74 Å². The number of hydrogen-bond donors (Lipinski definition) is 1. The molecule has 2 aromatic carbocycles. The van der Waals surface area contributed by atoms with E-state index >= 15 is 0 Å². The molecule has 1 N–H and O–H groups in total. The van der Waals surface area contributed by atoms with Crippen LogP contribution in [0.3, 0.4) is 0 Å². The van der Waals surface area contributed by atoms with E-state index in [0.29, 0.717) is 6.10 Å². The molecule has 2 fully saturated rings. The maximum Gasteiger partial charge on any atom is 0.122 e. The first kappa shape index (κ1) is 17.2. The Hall–Kier alpha value is -2.26. The summed E-state index contributed by atoms with van der Waals surface area (Å²) in [6.07, 6.45) is 7.75. The van der Waals surface area contributed by atoms with Crippen LogP contribution in [0, 0.1) is 13.8 Å². The molecule has 3 heteroatoms. The summed E-state index contributed by atoms with van der Waals surface area (Å²) < 4.78 is 6.25. The van der Waals surface area contributed by atoms with Gasteiger partial charge in [0.2, 0.25) is 0 Å². The van der Waals surface area contributed by atoms with Gasteiger partial charge < -0.3 is 9.75 Å². The topological polar surface area (TPSA) is 24.5 Å². The fraction of sp³-hybridized carbons (Fsp3) is 0.391. The van der Waals surface area contributed by atoms with E-state index in [-0.39, 0.29) is 0 Å². The highest BCUT2D eigenvalue weighted by molar-refractivity contribution is 5.63. The van der Waals surface area contributed by atoms with E-state index in [9.17, 15) is 0 Å². The number of anilines is 1. The monoisotopic (exact) mass is 348 g/mol. The minimum atomic E-state index is 0.413. The Morgan fingerprint density at radius 3 is 2.54 bits per heavy atom. The van der Waals surface area contributed by atoms with Crippen molar-refractivity contribution in [1.29, 1.82) is 0 Å². The first-order valence-electron chi connectivity index (χ1n) is 9.73. The lowest BCUT2D eigenvalue weighted by molar-refractivity contribution is 0.208. The molecule has 0 spiro atoms. The van der Waals surface area contributed by atoms with Gasteiger partial charge in [-0.05, 0) is 80.0 Å². The van der Waals surface area contributed by atoms with Crippen LogP contribution < -0.4 is 15.2 Å². The Morgan fingerprint density at radius 2 is 1.77 bits per heavy atom. The van der Waals surface area contributed by atoms with Crippen molar-refractivity contribution in [3.05, 3.63) is 64.7 Å². The number of para-hydroxylation sites is 1. The molecule has 1 aliphatic carbocycles. The Labute approximate surface area is 156 Å². The van der Waals surface area contributed by atoms with Crippen LogP contribution in [0.2, 0.25) is 0 Å². The van der Waals surface area contributed by atoms with Gasteiger partial charge in [-0.3, -0.25) is 0 Å². The molecule has 1 saturated heterocycles. The standard InChI is InChI=1S/C23H28N2O/c1-17-18(2)23(26-22-10-6-7-11-22)13-12-20(17)14-19-15-24-25(16-19)21-8-4-3-5-9-21/h3-5,8-9,12-14,22,24H,6-7,10-11,15-16H2,1-2H3. The number of benzene rings is 2. The van der Waals surface area contributed by atoms with Crippen LogP contribution in [0.1, 0.15) is 42.4 Å². The highest BCUT2D eigenvalue weighted by Crippen LogP contribution is 2.30. The van der Waals surface area contributed by atoms with Crippen LogP contribution in [0.15, 0.2) is 48.0 Å². The lowest BCUT2D eigenvalue weighted by atomic mass is 10.00. The quantitative estimate of drug-likeness (QED) is 0.838. The second-order valence-corrected chi connectivity index (χ2v) is 7.49. The first-order valence-corrected chi connectivity index (χ1v) is 9.73. The van der Waals surface area contributed by atoms with Crippen molar-refractivity contribution in [3.8, 4) is 5.75 Å². The third-order valence-electron chi connectivity index (χ3n) is 5.66. The molecule has 1 saturated carbocycles. The molecule has 1 heterocycles. The Balaban J connectivity index is 1.49. The highest BCUT2D eigenvalue weighted by Gasteiger charge is 2.19. The van der Waals surface area contributed by atoms with E-state index in [2.05, 4.69) is 72.8 Å². The first-order chi connectivity index (χ1) is 12.7. The zero-order valence-corrected chi connectivity index (χ0v) is 15.8. The van der Waals surface area contributed by atoms with Crippen LogP contribution in [-0.2, 0) is 0 Å². The van der Waals surface area contributed by atoms with E-state index < -0.39 is 0 Å². The molecule has 0 radical (unpaired) electrons. The molecule has 0 amide bonds. The Kier molecular flexibility index (Phi) is 4.98.